The number of nitrogens with zero attached hydrogens (tertiary/aromatic N) is 2. The second-order valence-corrected chi connectivity index (χ2v) is 9.97. The Kier molecular flexibility index (Phi) is 5.90. The molecule has 0 radical (unpaired) electrons. The maximum absolute atomic E-state index is 12.9. The Labute approximate surface area is 162 Å². The van der Waals surface area contributed by atoms with Crippen LogP contribution < -0.4 is 10.9 Å². The van der Waals surface area contributed by atoms with E-state index in [4.69, 9.17) is 0 Å². The van der Waals surface area contributed by atoms with Gasteiger partial charge in [-0.25, -0.2) is 13.4 Å². The highest BCUT2D eigenvalue weighted by Gasteiger charge is 2.29. The minimum absolute atomic E-state index is 0.00475. The number of aromatic nitrogens is 2. The molecule has 1 aliphatic rings. The summed E-state index contributed by atoms with van der Waals surface area (Å²) < 4.78 is 24.7. The lowest BCUT2D eigenvalue weighted by Gasteiger charge is -2.18. The van der Waals surface area contributed by atoms with Gasteiger partial charge in [0.25, 0.3) is 5.56 Å². The third-order valence-corrected chi connectivity index (χ3v) is 7.46. The van der Waals surface area contributed by atoms with E-state index in [0.29, 0.717) is 22.5 Å². The number of hydrogen-bond acceptors (Lipinski definition) is 6. The quantitative estimate of drug-likeness (QED) is 0.577. The smallest absolute Gasteiger partial charge is 0.262 e. The second-order valence-electron chi connectivity index (χ2n) is 6.80. The van der Waals surface area contributed by atoms with Crippen LogP contribution in [0.4, 0.5) is 0 Å². The lowest BCUT2D eigenvalue weighted by Crippen LogP contribution is -2.37. The number of thioether (sulfide) groups is 1. The molecular weight excluding hydrogens is 386 g/mol. The molecular formula is C18H23N3O4S2. The first-order chi connectivity index (χ1) is 12.8. The fraction of sp³-hybridized carbons (Fsp3) is 0.500. The molecule has 1 aromatic heterocycles. The molecule has 9 heteroatoms. The van der Waals surface area contributed by atoms with Crippen molar-refractivity contribution in [3.8, 4) is 0 Å². The van der Waals surface area contributed by atoms with Crippen molar-refractivity contribution < 1.29 is 13.2 Å². The van der Waals surface area contributed by atoms with Gasteiger partial charge in [0.05, 0.1) is 28.2 Å². The van der Waals surface area contributed by atoms with Crippen LogP contribution in [0.2, 0.25) is 0 Å². The van der Waals surface area contributed by atoms with Crippen molar-refractivity contribution in [3.05, 3.63) is 34.6 Å². The van der Waals surface area contributed by atoms with E-state index in [1.165, 1.54) is 11.8 Å². The summed E-state index contributed by atoms with van der Waals surface area (Å²) in [6.07, 6.45) is 1.21. The van der Waals surface area contributed by atoms with E-state index in [2.05, 4.69) is 10.3 Å². The van der Waals surface area contributed by atoms with E-state index in [-0.39, 0.29) is 40.8 Å². The number of amides is 1. The van der Waals surface area contributed by atoms with Crippen molar-refractivity contribution in [1.29, 1.82) is 0 Å². The molecule has 0 spiro atoms. The maximum atomic E-state index is 12.9. The van der Waals surface area contributed by atoms with Gasteiger partial charge in [0.1, 0.15) is 0 Å². The van der Waals surface area contributed by atoms with Gasteiger partial charge in [0.15, 0.2) is 15.0 Å². The van der Waals surface area contributed by atoms with E-state index < -0.39 is 9.84 Å². The third-order valence-electron chi connectivity index (χ3n) is 4.74. The average molecular weight is 410 g/mol. The summed E-state index contributed by atoms with van der Waals surface area (Å²) in [5.41, 5.74) is 0.492. The Morgan fingerprint density at radius 3 is 2.81 bits per heavy atom. The zero-order valence-corrected chi connectivity index (χ0v) is 17.0. The lowest BCUT2D eigenvalue weighted by atomic mass is 10.2. The van der Waals surface area contributed by atoms with Crippen LogP contribution in [0.3, 0.4) is 0 Å². The number of rotatable bonds is 6. The Balaban J connectivity index is 1.79. The van der Waals surface area contributed by atoms with Crippen LogP contribution in [-0.2, 0) is 14.6 Å². The highest BCUT2D eigenvalue weighted by Crippen LogP contribution is 2.22. The minimum atomic E-state index is -3.04. The van der Waals surface area contributed by atoms with Gasteiger partial charge < -0.3 is 5.32 Å². The first kappa shape index (κ1) is 19.9. The monoisotopic (exact) mass is 409 g/mol. The van der Waals surface area contributed by atoms with Crippen LogP contribution >= 0.6 is 11.8 Å². The van der Waals surface area contributed by atoms with Gasteiger partial charge in [-0.2, -0.15) is 0 Å². The summed E-state index contributed by atoms with van der Waals surface area (Å²) >= 11 is 1.20. The zero-order chi connectivity index (χ0) is 19.6. The number of nitrogens with one attached hydrogen (secondary N) is 1. The average Bonchev–Trinajstić information content (AvgIpc) is 2.98. The SMILES string of the molecule is CC[C@H](C)n1c(SCC(=O)N[C@H]2CCS(=O)(=O)C2)nc2ccccc2c1=O. The second kappa shape index (κ2) is 8.02. The largest absolute Gasteiger partial charge is 0.352 e. The highest BCUT2D eigenvalue weighted by atomic mass is 32.2. The maximum Gasteiger partial charge on any atom is 0.262 e. The highest BCUT2D eigenvalue weighted by molar-refractivity contribution is 7.99. The fourth-order valence-electron chi connectivity index (χ4n) is 3.11. The van der Waals surface area contributed by atoms with Crippen LogP contribution in [0.25, 0.3) is 10.9 Å². The molecule has 1 saturated heterocycles. The number of benzene rings is 1. The predicted molar refractivity (Wildman–Crippen MR) is 107 cm³/mol. The molecule has 0 bridgehead atoms. The van der Waals surface area contributed by atoms with Crippen molar-refractivity contribution in [2.75, 3.05) is 17.3 Å². The number of sulfone groups is 1. The topological polar surface area (TPSA) is 98.1 Å². The first-order valence-electron chi connectivity index (χ1n) is 8.94. The summed E-state index contributed by atoms with van der Waals surface area (Å²) in [6.45, 7) is 3.94. The Morgan fingerprint density at radius 2 is 2.15 bits per heavy atom. The molecule has 1 amide bonds. The molecule has 1 N–H and O–H groups in total. The number of fused-ring (bicyclic) bond motifs is 1. The summed E-state index contributed by atoms with van der Waals surface area (Å²) in [7, 11) is -3.04. The molecule has 1 aliphatic heterocycles. The van der Waals surface area contributed by atoms with Crippen molar-refractivity contribution in [2.24, 2.45) is 0 Å². The normalized spacial score (nSPS) is 19.9. The van der Waals surface area contributed by atoms with Gasteiger partial charge in [-0.1, -0.05) is 30.8 Å². The lowest BCUT2D eigenvalue weighted by molar-refractivity contribution is -0.119. The number of carbonyl (C=O) groups is 1. The standard InChI is InChI=1S/C18H23N3O4S2/c1-3-12(2)21-17(23)14-6-4-5-7-15(14)20-18(21)26-10-16(22)19-13-8-9-27(24,25)11-13/h4-7,12-13H,3,8-11H2,1-2H3,(H,19,22)/t12-,13-/m0/s1. The molecule has 1 fully saturated rings. The summed E-state index contributed by atoms with van der Waals surface area (Å²) in [5.74, 6) is -0.0575. The van der Waals surface area contributed by atoms with Gasteiger partial charge in [0, 0.05) is 12.1 Å². The molecule has 146 valence electrons. The van der Waals surface area contributed by atoms with E-state index in [9.17, 15) is 18.0 Å². The van der Waals surface area contributed by atoms with Crippen molar-refractivity contribution in [3.63, 3.8) is 0 Å². The molecule has 3 rings (SSSR count). The molecule has 2 atom stereocenters. The molecule has 0 saturated carbocycles. The van der Waals surface area contributed by atoms with Gasteiger partial charge in [-0.15, -0.1) is 0 Å². The van der Waals surface area contributed by atoms with E-state index in [0.717, 1.165) is 6.42 Å². The summed E-state index contributed by atoms with van der Waals surface area (Å²) in [4.78, 5) is 29.7. The molecule has 2 aromatic rings. The molecule has 0 aliphatic carbocycles. The van der Waals surface area contributed by atoms with Gasteiger partial charge >= 0.3 is 0 Å². The van der Waals surface area contributed by atoms with Crippen LogP contribution in [0.1, 0.15) is 32.7 Å². The fourth-order valence-corrected chi connectivity index (χ4v) is 5.69. The number of para-hydroxylation sites is 1. The van der Waals surface area contributed by atoms with Crippen LogP contribution in [0.15, 0.2) is 34.2 Å². The van der Waals surface area contributed by atoms with E-state index >= 15 is 0 Å². The summed E-state index contributed by atoms with van der Waals surface area (Å²) in [5, 5.41) is 3.83. The van der Waals surface area contributed by atoms with Gasteiger partial charge in [0.2, 0.25) is 5.91 Å². The Bertz CT molecular complexity index is 1020. The number of hydrogen-bond donors (Lipinski definition) is 1. The molecule has 2 heterocycles. The Hall–Kier alpha value is -1.87. The molecule has 0 unspecified atom stereocenters. The minimum Gasteiger partial charge on any atom is -0.352 e. The zero-order valence-electron chi connectivity index (χ0n) is 15.3. The van der Waals surface area contributed by atoms with Gasteiger partial charge in [-0.05, 0) is 31.9 Å². The predicted octanol–water partition coefficient (Wildman–Crippen LogP) is 1.76. The molecule has 27 heavy (non-hydrogen) atoms. The van der Waals surface area contributed by atoms with Crippen LogP contribution in [-0.4, -0.2) is 47.2 Å². The van der Waals surface area contributed by atoms with E-state index in [1.54, 1.807) is 16.7 Å². The van der Waals surface area contributed by atoms with Crippen LogP contribution in [0, 0.1) is 0 Å². The van der Waals surface area contributed by atoms with Crippen molar-refractivity contribution in [1.82, 2.24) is 14.9 Å². The molecule has 7 nitrogen and oxygen atoms in total. The first-order valence-corrected chi connectivity index (χ1v) is 11.8. The molecule has 1 aromatic carbocycles. The number of carbonyl (C=O) groups excluding carboxylic acids is 1. The van der Waals surface area contributed by atoms with E-state index in [1.807, 2.05) is 26.0 Å². The summed E-state index contributed by atoms with van der Waals surface area (Å²) in [6, 6.07) is 6.80. The Morgan fingerprint density at radius 1 is 1.41 bits per heavy atom. The third kappa shape index (κ3) is 4.52. The van der Waals surface area contributed by atoms with Crippen molar-refractivity contribution >= 4 is 38.4 Å². The van der Waals surface area contributed by atoms with Gasteiger partial charge in [-0.3, -0.25) is 14.2 Å². The van der Waals surface area contributed by atoms with Crippen LogP contribution in [0.5, 0.6) is 0 Å². The van der Waals surface area contributed by atoms with Crippen molar-refractivity contribution in [2.45, 2.75) is 43.9 Å².